The van der Waals surface area contributed by atoms with Crippen molar-refractivity contribution >= 4 is 34.7 Å². The predicted molar refractivity (Wildman–Crippen MR) is 79.9 cm³/mol. The highest BCUT2D eigenvalue weighted by atomic mass is 35.5. The van der Waals surface area contributed by atoms with E-state index < -0.39 is 11.8 Å². The maximum Gasteiger partial charge on any atom is 0.379 e. The number of benzene rings is 1. The van der Waals surface area contributed by atoms with Crippen molar-refractivity contribution in [1.29, 1.82) is 0 Å². The third-order valence-electron chi connectivity index (χ3n) is 2.63. The number of Topliss-reactive ketones (excluding diaryl/α,β-unsaturated/α-hetero) is 1. The van der Waals surface area contributed by atoms with E-state index in [1.54, 1.807) is 6.92 Å². The fourth-order valence-electron chi connectivity index (χ4n) is 1.70. The second-order valence-electron chi connectivity index (χ2n) is 4.09. The Morgan fingerprint density at radius 1 is 1.29 bits per heavy atom. The zero-order valence-electron chi connectivity index (χ0n) is 11.3. The zero-order valence-corrected chi connectivity index (χ0v) is 12.1. The molecule has 0 spiro atoms. The molecule has 0 amide bonds. The van der Waals surface area contributed by atoms with Gasteiger partial charge in [-0.2, -0.15) is 0 Å². The molecule has 0 aliphatic rings. The highest BCUT2D eigenvalue weighted by Crippen LogP contribution is 2.23. The molecule has 0 fully saturated rings. The summed E-state index contributed by atoms with van der Waals surface area (Å²) < 4.78 is 4.72. The molecule has 2 rings (SSSR count). The van der Waals surface area contributed by atoms with Gasteiger partial charge in [-0.25, -0.2) is 9.78 Å². The lowest BCUT2D eigenvalue weighted by molar-refractivity contribution is -0.137. The number of nitrogens with zero attached hydrogens (tertiary/aromatic N) is 1. The molecule has 1 aromatic carbocycles. The van der Waals surface area contributed by atoms with Crippen LogP contribution in [-0.4, -0.2) is 23.3 Å². The smallest absolute Gasteiger partial charge is 0.379 e. The second-order valence-corrected chi connectivity index (χ2v) is 4.48. The number of hydrogen-bond acceptors (Lipinski definition) is 5. The Kier molecular flexibility index (Phi) is 4.90. The summed E-state index contributed by atoms with van der Waals surface area (Å²) in [4.78, 5) is 27.5. The summed E-state index contributed by atoms with van der Waals surface area (Å²) in [5, 5.41) is 3.25. The first-order chi connectivity index (χ1) is 10.1. The highest BCUT2D eigenvalue weighted by Gasteiger charge is 2.21. The Hall–Kier alpha value is -2.40. The van der Waals surface area contributed by atoms with E-state index >= 15 is 0 Å². The summed E-state index contributed by atoms with van der Waals surface area (Å²) in [6.45, 7) is 1.77. The first-order valence-corrected chi connectivity index (χ1v) is 6.68. The highest BCUT2D eigenvalue weighted by molar-refractivity contribution is 6.42. The van der Waals surface area contributed by atoms with Crippen molar-refractivity contribution in [2.24, 2.45) is 0 Å². The fourth-order valence-corrected chi connectivity index (χ4v) is 1.86. The summed E-state index contributed by atoms with van der Waals surface area (Å²) in [6, 6.07) is 10.7. The number of hydrogen-bond donors (Lipinski definition) is 1. The molecule has 0 aliphatic carbocycles. The number of para-hydroxylation sites is 1. The summed E-state index contributed by atoms with van der Waals surface area (Å²) in [5.41, 5.74) is 1.28. The Morgan fingerprint density at radius 3 is 2.67 bits per heavy atom. The molecule has 0 saturated heterocycles. The monoisotopic (exact) mass is 304 g/mol. The number of carbonyl (C=O) groups excluding carboxylic acids is 2. The predicted octanol–water partition coefficient (Wildman–Crippen LogP) is 3.22. The van der Waals surface area contributed by atoms with E-state index in [0.717, 1.165) is 5.69 Å². The van der Waals surface area contributed by atoms with Gasteiger partial charge >= 0.3 is 5.97 Å². The number of ether oxygens (including phenoxy) is 1. The van der Waals surface area contributed by atoms with Crippen LogP contribution in [0.3, 0.4) is 0 Å². The molecule has 1 aromatic heterocycles. The number of esters is 1. The van der Waals surface area contributed by atoms with Crippen LogP contribution < -0.4 is 5.32 Å². The minimum absolute atomic E-state index is 0.113. The third-order valence-corrected chi connectivity index (χ3v) is 2.84. The summed E-state index contributed by atoms with van der Waals surface area (Å²) >= 11 is 5.85. The fraction of sp³-hybridized carbons (Fsp3) is 0.133. The van der Waals surface area contributed by atoms with Crippen LogP contribution in [0.25, 0.3) is 0 Å². The topological polar surface area (TPSA) is 68.3 Å². The van der Waals surface area contributed by atoms with Gasteiger partial charge in [-0.3, -0.25) is 4.79 Å². The normalized spacial score (nSPS) is 10.0. The van der Waals surface area contributed by atoms with Crippen molar-refractivity contribution in [3.8, 4) is 0 Å². The van der Waals surface area contributed by atoms with E-state index in [-0.39, 0.29) is 17.3 Å². The van der Waals surface area contributed by atoms with Crippen molar-refractivity contribution in [3.05, 3.63) is 53.3 Å². The quantitative estimate of drug-likeness (QED) is 0.397. The largest absolute Gasteiger partial charge is 0.460 e. The number of halogens is 1. The van der Waals surface area contributed by atoms with Crippen molar-refractivity contribution in [2.45, 2.75) is 6.92 Å². The van der Waals surface area contributed by atoms with Crippen molar-refractivity contribution in [2.75, 3.05) is 11.9 Å². The maximum atomic E-state index is 12.1. The van der Waals surface area contributed by atoms with Crippen molar-refractivity contribution in [3.63, 3.8) is 0 Å². The van der Waals surface area contributed by atoms with Crippen LogP contribution >= 0.6 is 11.6 Å². The van der Waals surface area contributed by atoms with E-state index in [9.17, 15) is 9.59 Å². The van der Waals surface area contributed by atoms with Gasteiger partial charge in [0.05, 0.1) is 17.9 Å². The average Bonchev–Trinajstić information content (AvgIpc) is 2.48. The van der Waals surface area contributed by atoms with E-state index in [4.69, 9.17) is 16.3 Å². The molecule has 0 radical (unpaired) electrons. The van der Waals surface area contributed by atoms with Gasteiger partial charge in [-0.15, -0.1) is 0 Å². The van der Waals surface area contributed by atoms with E-state index in [1.165, 1.54) is 12.3 Å². The van der Waals surface area contributed by atoms with E-state index in [1.807, 2.05) is 30.3 Å². The van der Waals surface area contributed by atoms with Gasteiger partial charge in [-0.1, -0.05) is 29.8 Å². The van der Waals surface area contributed by atoms with E-state index in [0.29, 0.717) is 5.69 Å². The van der Waals surface area contributed by atoms with Crippen LogP contribution in [0.2, 0.25) is 5.15 Å². The minimum atomic E-state index is -0.919. The summed E-state index contributed by atoms with van der Waals surface area (Å²) in [6.07, 6.45) is 1.26. The van der Waals surface area contributed by atoms with Gasteiger partial charge in [0.2, 0.25) is 0 Å². The number of anilines is 2. The number of aromatic nitrogens is 1. The molecular formula is C15H13ClN2O3. The molecule has 5 nitrogen and oxygen atoms in total. The van der Waals surface area contributed by atoms with Crippen LogP contribution in [0.1, 0.15) is 17.3 Å². The van der Waals surface area contributed by atoms with Crippen LogP contribution in [0.15, 0.2) is 42.6 Å². The number of ketones is 1. The molecule has 1 heterocycles. The molecule has 0 atom stereocenters. The van der Waals surface area contributed by atoms with Gasteiger partial charge in [0.1, 0.15) is 5.15 Å². The van der Waals surface area contributed by atoms with Gasteiger partial charge in [0.15, 0.2) is 0 Å². The van der Waals surface area contributed by atoms with Crippen LogP contribution in [0, 0.1) is 0 Å². The molecular weight excluding hydrogens is 292 g/mol. The van der Waals surface area contributed by atoms with Gasteiger partial charge in [0.25, 0.3) is 5.78 Å². The Morgan fingerprint density at radius 2 is 2.00 bits per heavy atom. The minimum Gasteiger partial charge on any atom is -0.460 e. The van der Waals surface area contributed by atoms with Gasteiger partial charge < -0.3 is 10.1 Å². The van der Waals surface area contributed by atoms with Crippen LogP contribution in [0.4, 0.5) is 11.4 Å². The summed E-state index contributed by atoms with van der Waals surface area (Å²) in [7, 11) is 0. The Balaban J connectivity index is 2.34. The number of rotatable bonds is 5. The van der Waals surface area contributed by atoms with Crippen molar-refractivity contribution in [1.82, 2.24) is 4.98 Å². The SMILES string of the molecule is CCOC(=O)C(=O)c1cnc(Cl)cc1Nc1ccccc1. The molecule has 21 heavy (non-hydrogen) atoms. The zero-order chi connectivity index (χ0) is 15.2. The molecule has 0 saturated carbocycles. The molecule has 0 aliphatic heterocycles. The first kappa shape index (κ1) is 15.0. The Labute approximate surface area is 126 Å². The lowest BCUT2D eigenvalue weighted by atomic mass is 10.1. The average molecular weight is 305 g/mol. The molecule has 108 valence electrons. The second kappa shape index (κ2) is 6.85. The van der Waals surface area contributed by atoms with Gasteiger partial charge in [0, 0.05) is 11.9 Å². The number of carbonyl (C=O) groups is 2. The molecule has 2 aromatic rings. The maximum absolute atomic E-state index is 12.1. The molecule has 1 N–H and O–H groups in total. The van der Waals surface area contributed by atoms with E-state index in [2.05, 4.69) is 10.3 Å². The molecule has 0 unspecified atom stereocenters. The number of nitrogens with one attached hydrogen (secondary N) is 1. The van der Waals surface area contributed by atoms with Crippen LogP contribution in [0.5, 0.6) is 0 Å². The molecule has 0 bridgehead atoms. The lowest BCUT2D eigenvalue weighted by Crippen LogP contribution is -2.19. The summed E-state index contributed by atoms with van der Waals surface area (Å²) in [5.74, 6) is -1.68. The first-order valence-electron chi connectivity index (χ1n) is 6.31. The molecule has 6 heteroatoms. The van der Waals surface area contributed by atoms with Crippen molar-refractivity contribution < 1.29 is 14.3 Å². The lowest BCUT2D eigenvalue weighted by Gasteiger charge is -2.11. The Bertz CT molecular complexity index is 659. The standard InChI is InChI=1S/C15H13ClN2O3/c1-2-21-15(20)14(19)11-9-17-13(16)8-12(11)18-10-6-4-3-5-7-10/h3-9H,2H2,1H3,(H,17,18). The third kappa shape index (κ3) is 3.79. The van der Waals surface area contributed by atoms with Gasteiger partial charge in [-0.05, 0) is 25.1 Å². The number of pyridine rings is 1. The van der Waals surface area contributed by atoms with Crippen LogP contribution in [-0.2, 0) is 9.53 Å².